The van der Waals surface area contributed by atoms with Gasteiger partial charge in [-0.15, -0.1) is 0 Å². The number of hydrogen-bond acceptors (Lipinski definition) is 4. The molecular weight excluding hydrogens is 282 g/mol. The summed E-state index contributed by atoms with van der Waals surface area (Å²) in [6.07, 6.45) is 4.13. The van der Waals surface area contributed by atoms with Gasteiger partial charge in [0.1, 0.15) is 0 Å². The summed E-state index contributed by atoms with van der Waals surface area (Å²) in [6.45, 7) is 8.02. The quantitative estimate of drug-likeness (QED) is 0.850. The third-order valence-electron chi connectivity index (χ3n) is 4.22. The van der Waals surface area contributed by atoms with Crippen molar-refractivity contribution in [2.45, 2.75) is 18.7 Å². The molecule has 0 amide bonds. The molecule has 114 valence electrons. The van der Waals surface area contributed by atoms with Crippen LogP contribution in [0.5, 0.6) is 0 Å². The summed E-state index contributed by atoms with van der Waals surface area (Å²) < 4.78 is 7.54. The van der Waals surface area contributed by atoms with Gasteiger partial charge in [-0.2, -0.15) is 16.9 Å². The van der Waals surface area contributed by atoms with E-state index in [1.807, 2.05) is 18.0 Å². The van der Waals surface area contributed by atoms with Crippen LogP contribution in [-0.4, -0.2) is 53.8 Å². The minimum Gasteiger partial charge on any atom is -0.379 e. The standard InChI is InChI=1S/C16H23N3OS/c1-13(21-2)14-3-4-15-12-17-19(16(15)11-14)6-5-18-7-9-20-10-8-18/h3-4,11-13H,5-10H2,1-2H3. The second-order valence-corrected chi connectivity index (χ2v) is 6.70. The van der Waals surface area contributed by atoms with Crippen LogP contribution in [0.1, 0.15) is 17.7 Å². The molecule has 4 nitrogen and oxygen atoms in total. The Labute approximate surface area is 130 Å². The molecule has 1 unspecified atom stereocenters. The van der Waals surface area contributed by atoms with Gasteiger partial charge >= 0.3 is 0 Å². The average Bonchev–Trinajstić information content (AvgIpc) is 2.95. The fraction of sp³-hybridized carbons (Fsp3) is 0.562. The zero-order valence-electron chi connectivity index (χ0n) is 12.8. The number of benzene rings is 1. The number of ether oxygens (including phenoxy) is 1. The third kappa shape index (κ3) is 3.42. The van der Waals surface area contributed by atoms with E-state index in [0.29, 0.717) is 5.25 Å². The number of thioether (sulfide) groups is 1. The van der Waals surface area contributed by atoms with Gasteiger partial charge in [0.05, 0.1) is 31.5 Å². The van der Waals surface area contributed by atoms with Crippen molar-refractivity contribution in [1.82, 2.24) is 14.7 Å². The highest BCUT2D eigenvalue weighted by molar-refractivity contribution is 7.98. The number of morpholine rings is 1. The van der Waals surface area contributed by atoms with Gasteiger partial charge in [0.25, 0.3) is 0 Å². The van der Waals surface area contributed by atoms with Gasteiger partial charge in [0, 0.05) is 30.3 Å². The lowest BCUT2D eigenvalue weighted by Crippen LogP contribution is -2.38. The van der Waals surface area contributed by atoms with Crippen molar-refractivity contribution in [1.29, 1.82) is 0 Å². The molecule has 0 spiro atoms. The maximum atomic E-state index is 5.39. The van der Waals surface area contributed by atoms with Crippen molar-refractivity contribution in [3.05, 3.63) is 30.0 Å². The minimum absolute atomic E-state index is 0.525. The van der Waals surface area contributed by atoms with Crippen LogP contribution in [0.2, 0.25) is 0 Å². The molecule has 0 bridgehead atoms. The molecular formula is C16H23N3OS. The summed E-state index contributed by atoms with van der Waals surface area (Å²) in [7, 11) is 0. The van der Waals surface area contributed by atoms with Crippen LogP contribution < -0.4 is 0 Å². The Kier molecular flexibility index (Phi) is 4.83. The predicted octanol–water partition coefficient (Wildman–Crippen LogP) is 2.79. The lowest BCUT2D eigenvalue weighted by Gasteiger charge is -2.26. The van der Waals surface area contributed by atoms with E-state index in [4.69, 9.17) is 4.74 Å². The molecule has 1 saturated heterocycles. The summed E-state index contributed by atoms with van der Waals surface area (Å²) >= 11 is 1.88. The van der Waals surface area contributed by atoms with Crippen LogP contribution in [0.4, 0.5) is 0 Å². The summed E-state index contributed by atoms with van der Waals surface area (Å²) in [5, 5.41) is 6.31. The Bertz CT molecular complexity index is 592. The summed E-state index contributed by atoms with van der Waals surface area (Å²) in [6, 6.07) is 6.70. The van der Waals surface area contributed by atoms with Crippen molar-refractivity contribution in [2.75, 3.05) is 39.1 Å². The van der Waals surface area contributed by atoms with Crippen molar-refractivity contribution in [3.63, 3.8) is 0 Å². The number of hydrogen-bond donors (Lipinski definition) is 0. The van der Waals surface area contributed by atoms with Crippen LogP contribution in [-0.2, 0) is 11.3 Å². The monoisotopic (exact) mass is 305 g/mol. The van der Waals surface area contributed by atoms with E-state index < -0.39 is 0 Å². The fourth-order valence-corrected chi connectivity index (χ4v) is 3.13. The molecule has 0 saturated carbocycles. The van der Waals surface area contributed by atoms with E-state index in [0.717, 1.165) is 39.4 Å². The minimum atomic E-state index is 0.525. The second kappa shape index (κ2) is 6.81. The first-order valence-electron chi connectivity index (χ1n) is 7.56. The second-order valence-electron chi connectivity index (χ2n) is 5.52. The zero-order chi connectivity index (χ0) is 14.7. The number of aromatic nitrogens is 2. The fourth-order valence-electron chi connectivity index (χ4n) is 2.72. The number of fused-ring (bicyclic) bond motifs is 1. The highest BCUT2D eigenvalue weighted by Crippen LogP contribution is 2.28. The van der Waals surface area contributed by atoms with Crippen LogP contribution in [0.25, 0.3) is 10.9 Å². The maximum absolute atomic E-state index is 5.39. The molecule has 1 fully saturated rings. The maximum Gasteiger partial charge on any atom is 0.0686 e. The highest BCUT2D eigenvalue weighted by Gasteiger charge is 2.12. The van der Waals surface area contributed by atoms with E-state index in [2.05, 4.69) is 46.1 Å². The highest BCUT2D eigenvalue weighted by atomic mass is 32.2. The SMILES string of the molecule is CSC(C)c1ccc2cnn(CCN3CCOCC3)c2c1. The first-order valence-corrected chi connectivity index (χ1v) is 8.85. The largest absolute Gasteiger partial charge is 0.379 e. The van der Waals surface area contributed by atoms with Gasteiger partial charge in [-0.05, 0) is 24.8 Å². The first-order chi connectivity index (χ1) is 10.3. The molecule has 2 heterocycles. The Hall–Kier alpha value is -1.04. The van der Waals surface area contributed by atoms with Gasteiger partial charge in [-0.1, -0.05) is 12.1 Å². The first kappa shape index (κ1) is 14.9. The predicted molar refractivity (Wildman–Crippen MR) is 88.9 cm³/mol. The number of nitrogens with zero attached hydrogens (tertiary/aromatic N) is 3. The molecule has 1 aliphatic rings. The van der Waals surface area contributed by atoms with E-state index in [1.54, 1.807) is 0 Å². The average molecular weight is 305 g/mol. The molecule has 3 rings (SSSR count). The van der Waals surface area contributed by atoms with Crippen molar-refractivity contribution < 1.29 is 4.74 Å². The molecule has 1 aromatic heterocycles. The smallest absolute Gasteiger partial charge is 0.0686 e. The van der Waals surface area contributed by atoms with Gasteiger partial charge < -0.3 is 4.74 Å². The molecule has 21 heavy (non-hydrogen) atoms. The van der Waals surface area contributed by atoms with E-state index >= 15 is 0 Å². The van der Waals surface area contributed by atoms with E-state index in [9.17, 15) is 0 Å². The Morgan fingerprint density at radius 3 is 2.86 bits per heavy atom. The Morgan fingerprint density at radius 1 is 1.29 bits per heavy atom. The topological polar surface area (TPSA) is 30.3 Å². The zero-order valence-corrected chi connectivity index (χ0v) is 13.6. The Morgan fingerprint density at radius 2 is 2.10 bits per heavy atom. The van der Waals surface area contributed by atoms with Gasteiger partial charge in [-0.3, -0.25) is 9.58 Å². The van der Waals surface area contributed by atoms with E-state index in [1.165, 1.54) is 16.5 Å². The molecule has 0 N–H and O–H groups in total. The van der Waals surface area contributed by atoms with Crippen LogP contribution in [0, 0.1) is 0 Å². The summed E-state index contributed by atoms with van der Waals surface area (Å²) in [5.41, 5.74) is 2.63. The van der Waals surface area contributed by atoms with Crippen LogP contribution >= 0.6 is 11.8 Å². The molecule has 5 heteroatoms. The van der Waals surface area contributed by atoms with Gasteiger partial charge in [0.2, 0.25) is 0 Å². The van der Waals surface area contributed by atoms with Crippen LogP contribution in [0.3, 0.4) is 0 Å². The van der Waals surface area contributed by atoms with Gasteiger partial charge in [-0.25, -0.2) is 0 Å². The molecule has 1 atom stereocenters. The number of rotatable bonds is 5. The normalized spacial score (nSPS) is 18.2. The van der Waals surface area contributed by atoms with Crippen molar-refractivity contribution >= 4 is 22.7 Å². The lowest BCUT2D eigenvalue weighted by molar-refractivity contribution is 0.0361. The molecule has 2 aromatic rings. The third-order valence-corrected chi connectivity index (χ3v) is 5.20. The Balaban J connectivity index is 1.75. The molecule has 0 radical (unpaired) electrons. The molecule has 1 aliphatic heterocycles. The molecule has 0 aliphatic carbocycles. The van der Waals surface area contributed by atoms with Gasteiger partial charge in [0.15, 0.2) is 0 Å². The van der Waals surface area contributed by atoms with E-state index in [-0.39, 0.29) is 0 Å². The summed E-state index contributed by atoms with van der Waals surface area (Å²) in [5.74, 6) is 0. The summed E-state index contributed by atoms with van der Waals surface area (Å²) in [4.78, 5) is 2.45. The van der Waals surface area contributed by atoms with Crippen LogP contribution in [0.15, 0.2) is 24.4 Å². The lowest BCUT2D eigenvalue weighted by atomic mass is 10.1. The van der Waals surface area contributed by atoms with Crippen molar-refractivity contribution in [3.8, 4) is 0 Å². The molecule has 1 aromatic carbocycles. The van der Waals surface area contributed by atoms with Crippen molar-refractivity contribution in [2.24, 2.45) is 0 Å².